The number of hydrogen-bond donors (Lipinski definition) is 1. The molecule has 0 aliphatic heterocycles. The highest BCUT2D eigenvalue weighted by Gasteiger charge is 2.07. The van der Waals surface area contributed by atoms with Crippen LogP contribution in [0.15, 0.2) is 6.20 Å². The van der Waals surface area contributed by atoms with Crippen molar-refractivity contribution in [1.82, 2.24) is 10.3 Å². The molecule has 0 fully saturated rings. The minimum atomic E-state index is 0.302. The molecule has 17 heavy (non-hydrogen) atoms. The van der Waals surface area contributed by atoms with Gasteiger partial charge < -0.3 is 14.8 Å². The van der Waals surface area contributed by atoms with E-state index in [0.29, 0.717) is 6.04 Å². The Labute approximate surface area is 107 Å². The minimum Gasteiger partial charge on any atom is -0.385 e. The van der Waals surface area contributed by atoms with E-state index in [1.54, 1.807) is 18.4 Å². The summed E-state index contributed by atoms with van der Waals surface area (Å²) in [6, 6.07) is 0.302. The molecular formula is C12H22N2O2S. The third kappa shape index (κ3) is 6.12. The van der Waals surface area contributed by atoms with E-state index in [9.17, 15) is 0 Å². The highest BCUT2D eigenvalue weighted by molar-refractivity contribution is 7.11. The molecule has 98 valence electrons. The molecule has 1 aromatic rings. The van der Waals surface area contributed by atoms with E-state index >= 15 is 0 Å². The van der Waals surface area contributed by atoms with E-state index in [1.165, 1.54) is 4.88 Å². The van der Waals surface area contributed by atoms with Crippen molar-refractivity contribution in [2.24, 2.45) is 0 Å². The van der Waals surface area contributed by atoms with Gasteiger partial charge in [0, 0.05) is 37.9 Å². The first kappa shape index (κ1) is 14.6. The number of rotatable bonds is 9. The van der Waals surface area contributed by atoms with Crippen LogP contribution in [0.4, 0.5) is 0 Å². The van der Waals surface area contributed by atoms with E-state index in [1.807, 2.05) is 6.20 Å². The third-order valence-electron chi connectivity index (χ3n) is 2.34. The van der Waals surface area contributed by atoms with Crippen LogP contribution in [0.1, 0.15) is 29.3 Å². The van der Waals surface area contributed by atoms with Crippen molar-refractivity contribution in [2.45, 2.75) is 26.3 Å². The van der Waals surface area contributed by atoms with Gasteiger partial charge in [-0.25, -0.2) is 4.98 Å². The van der Waals surface area contributed by atoms with Crippen molar-refractivity contribution in [1.29, 1.82) is 0 Å². The van der Waals surface area contributed by atoms with E-state index < -0.39 is 0 Å². The average Bonchev–Trinajstić information content (AvgIpc) is 2.74. The van der Waals surface area contributed by atoms with Crippen LogP contribution in [0.5, 0.6) is 0 Å². The number of ether oxygens (including phenoxy) is 2. The lowest BCUT2D eigenvalue weighted by Gasteiger charge is -2.11. The third-order valence-corrected chi connectivity index (χ3v) is 3.44. The van der Waals surface area contributed by atoms with Gasteiger partial charge in [0.05, 0.1) is 12.6 Å². The van der Waals surface area contributed by atoms with Gasteiger partial charge in [-0.1, -0.05) is 0 Å². The molecule has 0 spiro atoms. The van der Waals surface area contributed by atoms with Crippen LogP contribution in [0, 0.1) is 6.92 Å². The van der Waals surface area contributed by atoms with Gasteiger partial charge in [0.1, 0.15) is 5.01 Å². The van der Waals surface area contributed by atoms with Crippen molar-refractivity contribution in [3.05, 3.63) is 16.1 Å². The molecule has 0 amide bonds. The lowest BCUT2D eigenvalue weighted by molar-refractivity contribution is 0.103. The number of hydrogen-bond acceptors (Lipinski definition) is 5. The summed E-state index contributed by atoms with van der Waals surface area (Å²) >= 11 is 1.74. The van der Waals surface area contributed by atoms with Crippen molar-refractivity contribution in [3.63, 3.8) is 0 Å². The Bertz CT molecular complexity index is 304. The maximum Gasteiger partial charge on any atom is 0.109 e. The van der Waals surface area contributed by atoms with E-state index in [2.05, 4.69) is 24.1 Å². The van der Waals surface area contributed by atoms with Crippen LogP contribution in [0.2, 0.25) is 0 Å². The number of aryl methyl sites for hydroxylation is 1. The molecule has 0 saturated carbocycles. The predicted molar refractivity (Wildman–Crippen MR) is 70.6 cm³/mol. The fourth-order valence-electron chi connectivity index (χ4n) is 1.41. The topological polar surface area (TPSA) is 43.4 Å². The Morgan fingerprint density at radius 3 is 2.88 bits per heavy atom. The van der Waals surface area contributed by atoms with Gasteiger partial charge in [0.2, 0.25) is 0 Å². The Morgan fingerprint density at radius 2 is 2.24 bits per heavy atom. The summed E-state index contributed by atoms with van der Waals surface area (Å²) in [5.74, 6) is 0. The number of methoxy groups -OCH3 is 1. The summed E-state index contributed by atoms with van der Waals surface area (Å²) in [5.41, 5.74) is 0. The SMILES string of the molecule is COCCCOCCNC(C)c1ncc(C)s1. The lowest BCUT2D eigenvalue weighted by Crippen LogP contribution is -2.23. The van der Waals surface area contributed by atoms with Crippen molar-refractivity contribution in [2.75, 3.05) is 33.5 Å². The summed E-state index contributed by atoms with van der Waals surface area (Å²) in [4.78, 5) is 5.61. The van der Waals surface area contributed by atoms with Gasteiger partial charge >= 0.3 is 0 Å². The molecular weight excluding hydrogens is 236 g/mol. The normalized spacial score (nSPS) is 12.9. The molecule has 0 saturated heterocycles. The standard InChI is InChI=1S/C12H22N2O2S/c1-10-9-14-12(17-10)11(2)13-5-8-16-7-4-6-15-3/h9,11,13H,4-8H2,1-3H3. The molecule has 1 heterocycles. The number of thiazole rings is 1. The van der Waals surface area contributed by atoms with E-state index in [-0.39, 0.29) is 0 Å². The summed E-state index contributed by atoms with van der Waals surface area (Å²) in [6.07, 6.45) is 2.87. The van der Waals surface area contributed by atoms with Gasteiger partial charge in [-0.15, -0.1) is 11.3 Å². The van der Waals surface area contributed by atoms with Crippen molar-refractivity contribution in [3.8, 4) is 0 Å². The van der Waals surface area contributed by atoms with Gasteiger partial charge in [0.25, 0.3) is 0 Å². The Hall–Kier alpha value is -0.490. The summed E-state index contributed by atoms with van der Waals surface area (Å²) in [6.45, 7) is 7.32. The molecule has 0 bridgehead atoms. The summed E-state index contributed by atoms with van der Waals surface area (Å²) in [7, 11) is 1.71. The van der Waals surface area contributed by atoms with Crippen LogP contribution in [0.25, 0.3) is 0 Å². The monoisotopic (exact) mass is 258 g/mol. The van der Waals surface area contributed by atoms with Crippen LogP contribution in [0.3, 0.4) is 0 Å². The van der Waals surface area contributed by atoms with Crippen LogP contribution >= 0.6 is 11.3 Å². The van der Waals surface area contributed by atoms with Crippen molar-refractivity contribution < 1.29 is 9.47 Å². The fraction of sp³-hybridized carbons (Fsp3) is 0.750. The first-order valence-corrected chi connectivity index (χ1v) is 6.78. The second kappa shape index (κ2) is 8.58. The number of nitrogens with zero attached hydrogens (tertiary/aromatic N) is 1. The van der Waals surface area contributed by atoms with Gasteiger partial charge in [0.15, 0.2) is 0 Å². The summed E-state index contributed by atoms with van der Waals surface area (Å²) < 4.78 is 10.4. The molecule has 0 aliphatic carbocycles. The maximum absolute atomic E-state index is 5.47. The zero-order chi connectivity index (χ0) is 12.5. The minimum absolute atomic E-state index is 0.302. The fourth-order valence-corrected chi connectivity index (χ4v) is 2.22. The molecule has 1 atom stereocenters. The lowest BCUT2D eigenvalue weighted by atomic mass is 10.3. The molecule has 1 rings (SSSR count). The Morgan fingerprint density at radius 1 is 1.41 bits per heavy atom. The van der Waals surface area contributed by atoms with Gasteiger partial charge in [-0.05, 0) is 20.3 Å². The first-order chi connectivity index (χ1) is 8.24. The van der Waals surface area contributed by atoms with Crippen LogP contribution < -0.4 is 5.32 Å². The molecule has 0 aliphatic rings. The Balaban J connectivity index is 2.03. The van der Waals surface area contributed by atoms with Crippen molar-refractivity contribution >= 4 is 11.3 Å². The predicted octanol–water partition coefficient (Wildman–Crippen LogP) is 2.16. The molecule has 0 aromatic carbocycles. The highest BCUT2D eigenvalue weighted by Crippen LogP contribution is 2.18. The zero-order valence-electron chi connectivity index (χ0n) is 10.9. The number of aromatic nitrogens is 1. The van der Waals surface area contributed by atoms with Crippen LogP contribution in [-0.2, 0) is 9.47 Å². The maximum atomic E-state index is 5.47. The highest BCUT2D eigenvalue weighted by atomic mass is 32.1. The number of nitrogens with one attached hydrogen (secondary N) is 1. The quantitative estimate of drug-likeness (QED) is 0.689. The molecule has 1 N–H and O–H groups in total. The zero-order valence-corrected chi connectivity index (χ0v) is 11.7. The molecule has 5 heteroatoms. The second-order valence-corrected chi connectivity index (χ2v) is 5.21. The average molecular weight is 258 g/mol. The molecule has 1 aromatic heterocycles. The largest absolute Gasteiger partial charge is 0.385 e. The van der Waals surface area contributed by atoms with Gasteiger partial charge in [-0.2, -0.15) is 0 Å². The smallest absolute Gasteiger partial charge is 0.109 e. The Kier molecular flexibility index (Phi) is 7.35. The van der Waals surface area contributed by atoms with Gasteiger partial charge in [-0.3, -0.25) is 0 Å². The molecule has 0 radical (unpaired) electrons. The van der Waals surface area contributed by atoms with E-state index in [0.717, 1.165) is 37.8 Å². The molecule has 1 unspecified atom stereocenters. The summed E-state index contributed by atoms with van der Waals surface area (Å²) in [5, 5.41) is 4.54. The van der Waals surface area contributed by atoms with E-state index in [4.69, 9.17) is 9.47 Å². The first-order valence-electron chi connectivity index (χ1n) is 5.96. The van der Waals surface area contributed by atoms with Crippen LogP contribution in [-0.4, -0.2) is 38.5 Å². The molecule has 4 nitrogen and oxygen atoms in total. The second-order valence-electron chi connectivity index (χ2n) is 3.94.